The number of anilines is 1. The highest BCUT2D eigenvalue weighted by molar-refractivity contribution is 9.10. The topological polar surface area (TPSA) is 55.1 Å². The van der Waals surface area contributed by atoms with Crippen molar-refractivity contribution in [3.8, 4) is 0 Å². The summed E-state index contributed by atoms with van der Waals surface area (Å²) in [5.41, 5.74) is 7.61. The van der Waals surface area contributed by atoms with Gasteiger partial charge >= 0.3 is 0 Å². The predicted octanol–water partition coefficient (Wildman–Crippen LogP) is 4.01. The van der Waals surface area contributed by atoms with E-state index in [1.54, 1.807) is 0 Å². The van der Waals surface area contributed by atoms with Gasteiger partial charge in [0.05, 0.1) is 4.47 Å². The fourth-order valence-electron chi connectivity index (χ4n) is 1.95. The minimum absolute atomic E-state index is 0.139. The molecule has 110 valence electrons. The van der Waals surface area contributed by atoms with Crippen molar-refractivity contribution in [2.75, 3.05) is 5.32 Å². The molecule has 3 nitrogen and oxygen atoms in total. The van der Waals surface area contributed by atoms with Crippen LogP contribution in [0.5, 0.6) is 0 Å². The van der Waals surface area contributed by atoms with E-state index < -0.39 is 0 Å². The highest BCUT2D eigenvalue weighted by Gasteiger charge is 2.10. The van der Waals surface area contributed by atoms with Crippen molar-refractivity contribution in [3.05, 3.63) is 64.4 Å². The van der Waals surface area contributed by atoms with Crippen molar-refractivity contribution in [3.63, 3.8) is 0 Å². The molecule has 1 unspecified atom stereocenters. The van der Waals surface area contributed by atoms with Crippen LogP contribution in [0.3, 0.4) is 0 Å². The van der Waals surface area contributed by atoms with Gasteiger partial charge in [-0.05, 0) is 46.1 Å². The second kappa shape index (κ2) is 7.33. The van der Waals surface area contributed by atoms with Gasteiger partial charge in [0.1, 0.15) is 5.82 Å². The molecule has 5 heteroatoms. The van der Waals surface area contributed by atoms with E-state index in [0.29, 0.717) is 23.0 Å². The monoisotopic (exact) mass is 350 g/mol. The Morgan fingerprint density at radius 1 is 1.24 bits per heavy atom. The Morgan fingerprint density at radius 3 is 2.62 bits per heavy atom. The number of carbonyl (C=O) groups is 1. The first-order valence-corrected chi connectivity index (χ1v) is 7.41. The quantitative estimate of drug-likeness (QED) is 0.855. The average Bonchev–Trinajstić information content (AvgIpc) is 2.49. The maximum atomic E-state index is 13.1. The van der Waals surface area contributed by atoms with Gasteiger partial charge in [-0.1, -0.05) is 30.3 Å². The molecular weight excluding hydrogens is 335 g/mol. The standard InChI is InChI=1S/C16H16BrFN2O/c17-13-10-12(6-7-14(13)18)20-16(21)9-8-15(19)11-4-2-1-3-5-11/h1-7,10,15H,8-9,19H2,(H,20,21). The lowest BCUT2D eigenvalue weighted by Gasteiger charge is -2.12. The Balaban J connectivity index is 1.86. The van der Waals surface area contributed by atoms with Crippen LogP contribution < -0.4 is 11.1 Å². The molecule has 0 aliphatic carbocycles. The fraction of sp³-hybridized carbons (Fsp3) is 0.188. The highest BCUT2D eigenvalue weighted by Crippen LogP contribution is 2.21. The summed E-state index contributed by atoms with van der Waals surface area (Å²) in [6.45, 7) is 0. The van der Waals surface area contributed by atoms with Crippen LogP contribution in [0.15, 0.2) is 53.0 Å². The van der Waals surface area contributed by atoms with Gasteiger partial charge in [0.25, 0.3) is 0 Å². The molecule has 0 aliphatic rings. The number of rotatable bonds is 5. The van der Waals surface area contributed by atoms with Crippen molar-refractivity contribution in [1.29, 1.82) is 0 Å². The van der Waals surface area contributed by atoms with Gasteiger partial charge < -0.3 is 11.1 Å². The summed E-state index contributed by atoms with van der Waals surface area (Å²) in [4.78, 5) is 11.9. The Bertz CT molecular complexity index is 619. The number of carbonyl (C=O) groups excluding carboxylic acids is 1. The molecule has 0 bridgehead atoms. The van der Waals surface area contributed by atoms with Crippen LogP contribution in [0, 0.1) is 5.82 Å². The zero-order valence-corrected chi connectivity index (χ0v) is 12.9. The average molecular weight is 351 g/mol. The van der Waals surface area contributed by atoms with Crippen molar-refractivity contribution < 1.29 is 9.18 Å². The Labute approximate surface area is 131 Å². The van der Waals surface area contributed by atoms with Crippen LogP contribution in [-0.2, 0) is 4.79 Å². The normalized spacial score (nSPS) is 12.0. The third-order valence-electron chi connectivity index (χ3n) is 3.11. The number of halogens is 2. The van der Waals surface area contributed by atoms with E-state index in [-0.39, 0.29) is 17.8 Å². The van der Waals surface area contributed by atoms with E-state index in [2.05, 4.69) is 21.2 Å². The maximum absolute atomic E-state index is 13.1. The lowest BCUT2D eigenvalue weighted by atomic mass is 10.0. The molecule has 0 heterocycles. The number of hydrogen-bond donors (Lipinski definition) is 2. The highest BCUT2D eigenvalue weighted by atomic mass is 79.9. The van der Waals surface area contributed by atoms with Crippen LogP contribution in [0.4, 0.5) is 10.1 Å². The SMILES string of the molecule is NC(CCC(=O)Nc1ccc(F)c(Br)c1)c1ccccc1. The molecule has 0 aromatic heterocycles. The smallest absolute Gasteiger partial charge is 0.224 e. The van der Waals surface area contributed by atoms with Gasteiger partial charge in [0.15, 0.2) is 0 Å². The molecule has 0 spiro atoms. The predicted molar refractivity (Wildman–Crippen MR) is 85.3 cm³/mol. The Morgan fingerprint density at radius 2 is 1.95 bits per heavy atom. The largest absolute Gasteiger partial charge is 0.326 e. The number of benzene rings is 2. The van der Waals surface area contributed by atoms with Gasteiger partial charge in [-0.25, -0.2) is 4.39 Å². The third kappa shape index (κ3) is 4.65. The molecule has 0 saturated carbocycles. The van der Waals surface area contributed by atoms with Crippen LogP contribution in [0.25, 0.3) is 0 Å². The minimum atomic E-state index is -0.362. The molecule has 0 saturated heterocycles. The summed E-state index contributed by atoms with van der Waals surface area (Å²) < 4.78 is 13.4. The first-order chi connectivity index (χ1) is 10.1. The summed E-state index contributed by atoms with van der Waals surface area (Å²) in [6, 6.07) is 13.8. The summed E-state index contributed by atoms with van der Waals surface area (Å²) in [5, 5.41) is 2.73. The Hall–Kier alpha value is -1.72. The molecule has 21 heavy (non-hydrogen) atoms. The van der Waals surface area contributed by atoms with Gasteiger partial charge in [-0.15, -0.1) is 0 Å². The molecular formula is C16H16BrFN2O. The number of nitrogens with two attached hydrogens (primary N) is 1. The summed E-state index contributed by atoms with van der Waals surface area (Å²) in [5.74, 6) is -0.501. The fourth-order valence-corrected chi connectivity index (χ4v) is 2.33. The van der Waals surface area contributed by atoms with E-state index in [0.717, 1.165) is 5.56 Å². The molecule has 2 rings (SSSR count). The molecule has 0 fully saturated rings. The molecule has 2 aromatic carbocycles. The maximum Gasteiger partial charge on any atom is 0.224 e. The number of amides is 1. The van der Waals surface area contributed by atoms with Crippen molar-refractivity contribution in [1.82, 2.24) is 0 Å². The number of nitrogens with one attached hydrogen (secondary N) is 1. The molecule has 3 N–H and O–H groups in total. The van der Waals surface area contributed by atoms with Gasteiger partial charge in [0.2, 0.25) is 5.91 Å². The lowest BCUT2D eigenvalue weighted by molar-refractivity contribution is -0.116. The van der Waals surface area contributed by atoms with Crippen LogP contribution in [0.2, 0.25) is 0 Å². The van der Waals surface area contributed by atoms with E-state index in [1.807, 2.05) is 30.3 Å². The first kappa shape index (κ1) is 15.7. The molecule has 0 aliphatic heterocycles. The second-order valence-electron chi connectivity index (χ2n) is 4.73. The lowest BCUT2D eigenvalue weighted by Crippen LogP contribution is -2.16. The zero-order valence-electron chi connectivity index (χ0n) is 11.4. The zero-order chi connectivity index (χ0) is 15.2. The van der Waals surface area contributed by atoms with E-state index >= 15 is 0 Å². The molecule has 0 radical (unpaired) electrons. The van der Waals surface area contributed by atoms with E-state index in [1.165, 1.54) is 18.2 Å². The third-order valence-corrected chi connectivity index (χ3v) is 3.72. The van der Waals surface area contributed by atoms with Gasteiger partial charge in [-0.2, -0.15) is 0 Å². The number of hydrogen-bond acceptors (Lipinski definition) is 2. The van der Waals surface area contributed by atoms with E-state index in [4.69, 9.17) is 5.73 Å². The molecule has 1 atom stereocenters. The van der Waals surface area contributed by atoms with Gasteiger partial charge in [0, 0.05) is 18.2 Å². The minimum Gasteiger partial charge on any atom is -0.326 e. The van der Waals surface area contributed by atoms with Crippen molar-refractivity contribution in [2.45, 2.75) is 18.9 Å². The van der Waals surface area contributed by atoms with Crippen LogP contribution in [0.1, 0.15) is 24.4 Å². The summed E-state index contributed by atoms with van der Waals surface area (Å²) >= 11 is 3.08. The summed E-state index contributed by atoms with van der Waals surface area (Å²) in [6.07, 6.45) is 0.864. The van der Waals surface area contributed by atoms with Crippen molar-refractivity contribution in [2.24, 2.45) is 5.73 Å². The first-order valence-electron chi connectivity index (χ1n) is 6.61. The Kier molecular flexibility index (Phi) is 5.47. The van der Waals surface area contributed by atoms with Gasteiger partial charge in [-0.3, -0.25) is 4.79 Å². The molecule has 2 aromatic rings. The van der Waals surface area contributed by atoms with Crippen molar-refractivity contribution >= 4 is 27.5 Å². The summed E-state index contributed by atoms with van der Waals surface area (Å²) in [7, 11) is 0. The molecule has 1 amide bonds. The van der Waals surface area contributed by atoms with E-state index in [9.17, 15) is 9.18 Å². The second-order valence-corrected chi connectivity index (χ2v) is 5.59. The van der Waals surface area contributed by atoms with Crippen LogP contribution >= 0.6 is 15.9 Å². The van der Waals surface area contributed by atoms with Crippen LogP contribution in [-0.4, -0.2) is 5.91 Å².